The summed E-state index contributed by atoms with van der Waals surface area (Å²) < 4.78 is 4.76. The molecule has 0 heterocycles. The van der Waals surface area contributed by atoms with E-state index in [1.54, 1.807) is 0 Å². The van der Waals surface area contributed by atoms with Crippen molar-refractivity contribution in [2.45, 2.75) is 103 Å². The van der Waals surface area contributed by atoms with Crippen molar-refractivity contribution in [1.82, 2.24) is 0 Å². The topological polar surface area (TPSA) is 72.5 Å². The lowest BCUT2D eigenvalue weighted by Crippen LogP contribution is -2.58. The van der Waals surface area contributed by atoms with E-state index in [9.17, 15) is 9.90 Å². The number of carbonyl (C=O) groups is 1. The molecule has 0 saturated heterocycles. The predicted octanol–water partition coefficient (Wildman–Crippen LogP) is 5.30. The number of hydrogen-bond acceptors (Lipinski definition) is 4. The Morgan fingerprint density at radius 1 is 1.23 bits per heavy atom. The van der Waals surface area contributed by atoms with E-state index in [0.29, 0.717) is 12.3 Å². The zero-order chi connectivity index (χ0) is 22.4. The highest BCUT2D eigenvalue weighted by Crippen LogP contribution is 2.67. The fourth-order valence-corrected chi connectivity index (χ4v) is 8.21. The molecule has 0 aromatic rings. The molecule has 3 saturated carbocycles. The Bertz CT molecular complexity index is 772. The van der Waals surface area contributed by atoms with Gasteiger partial charge in [0.05, 0.1) is 13.2 Å². The molecular formula is C27H43NO3. The van der Waals surface area contributed by atoms with Gasteiger partial charge in [-0.2, -0.15) is 0 Å². The lowest BCUT2D eigenvalue weighted by molar-refractivity contribution is -0.140. The number of fused-ring (bicyclic) bond motifs is 5. The molecule has 31 heavy (non-hydrogen) atoms. The largest absolute Gasteiger partial charge is 0.469 e. The summed E-state index contributed by atoms with van der Waals surface area (Å²) >= 11 is 0. The molecule has 4 heteroatoms. The molecule has 3 fully saturated rings. The minimum atomic E-state index is -0.235. The molecule has 3 N–H and O–H groups in total. The normalized spacial score (nSPS) is 44.7. The zero-order valence-electron chi connectivity index (χ0n) is 20.1. The van der Waals surface area contributed by atoms with Crippen molar-refractivity contribution in [3.8, 4) is 0 Å². The quantitative estimate of drug-likeness (QED) is 0.353. The summed E-state index contributed by atoms with van der Waals surface area (Å²) in [6.45, 7) is 7.18. The Morgan fingerprint density at radius 3 is 2.71 bits per heavy atom. The van der Waals surface area contributed by atoms with Crippen LogP contribution in [-0.2, 0) is 9.53 Å². The SMILES string of the molecule is COC(=O)CCC/C=C(\C)[C@@]1(N)CCC2[C@@H]3CC=C4C[C@@H](O)CC[C@]4(C)C3CC[C@@]21C. The van der Waals surface area contributed by atoms with E-state index in [0.717, 1.165) is 50.4 Å². The van der Waals surface area contributed by atoms with E-state index in [1.165, 1.54) is 43.9 Å². The van der Waals surface area contributed by atoms with E-state index >= 15 is 0 Å². The first kappa shape index (κ1) is 23.0. The fraction of sp³-hybridized carbons (Fsp3) is 0.815. The maximum Gasteiger partial charge on any atom is 0.305 e. The van der Waals surface area contributed by atoms with Gasteiger partial charge in [-0.3, -0.25) is 4.79 Å². The number of unbranched alkanes of at least 4 members (excludes halogenated alkanes) is 1. The Labute approximate surface area is 188 Å². The molecule has 0 aromatic carbocycles. The van der Waals surface area contributed by atoms with Gasteiger partial charge < -0.3 is 15.6 Å². The van der Waals surface area contributed by atoms with Crippen molar-refractivity contribution in [1.29, 1.82) is 0 Å². The van der Waals surface area contributed by atoms with Gasteiger partial charge in [-0.05, 0) is 99.7 Å². The lowest BCUT2D eigenvalue weighted by Gasteiger charge is -2.59. The van der Waals surface area contributed by atoms with Crippen LogP contribution in [0.2, 0.25) is 0 Å². The van der Waals surface area contributed by atoms with Gasteiger partial charge in [0.2, 0.25) is 0 Å². The van der Waals surface area contributed by atoms with Gasteiger partial charge in [-0.15, -0.1) is 0 Å². The van der Waals surface area contributed by atoms with E-state index in [1.807, 2.05) is 0 Å². The minimum absolute atomic E-state index is 0.131. The number of rotatable bonds is 5. The lowest BCUT2D eigenvalue weighted by atomic mass is 9.46. The van der Waals surface area contributed by atoms with Crippen LogP contribution in [0.15, 0.2) is 23.3 Å². The second kappa shape index (κ2) is 8.33. The molecule has 174 valence electrons. The van der Waals surface area contributed by atoms with Crippen molar-refractivity contribution < 1.29 is 14.6 Å². The third kappa shape index (κ3) is 3.62. The number of allylic oxidation sites excluding steroid dienone is 2. The number of hydrogen-bond donors (Lipinski definition) is 2. The van der Waals surface area contributed by atoms with E-state index in [2.05, 4.69) is 32.9 Å². The van der Waals surface area contributed by atoms with Crippen molar-refractivity contribution >= 4 is 5.97 Å². The van der Waals surface area contributed by atoms with Crippen molar-refractivity contribution in [3.05, 3.63) is 23.3 Å². The van der Waals surface area contributed by atoms with E-state index < -0.39 is 0 Å². The van der Waals surface area contributed by atoms with Gasteiger partial charge in [0, 0.05) is 12.0 Å². The first-order valence-corrected chi connectivity index (χ1v) is 12.6. The highest BCUT2D eigenvalue weighted by molar-refractivity contribution is 5.69. The van der Waals surface area contributed by atoms with Gasteiger partial charge in [-0.25, -0.2) is 0 Å². The first-order valence-electron chi connectivity index (χ1n) is 12.6. The number of carbonyl (C=O) groups excluding carboxylic acids is 1. The molecule has 0 bridgehead atoms. The smallest absolute Gasteiger partial charge is 0.305 e. The fourth-order valence-electron chi connectivity index (χ4n) is 8.21. The molecule has 0 amide bonds. The second-order valence-electron chi connectivity index (χ2n) is 11.5. The molecule has 0 aromatic heterocycles. The van der Waals surface area contributed by atoms with Gasteiger partial charge >= 0.3 is 5.97 Å². The summed E-state index contributed by atoms with van der Waals surface area (Å²) in [6.07, 6.45) is 15.7. The standard InChI is InChI=1S/C27H43NO3/c1-18(7-5-6-8-24(30)31-4)27(28)16-13-23-21-10-9-19-17-20(29)11-14-25(19,2)22(21)12-15-26(23,27)3/h7,9,20-23,29H,5-6,8,10-17,28H2,1-4H3/b18-7+/t20-,21+,22?,23?,25-,26-,27-/m0/s1. The Hall–Kier alpha value is -1.13. The van der Waals surface area contributed by atoms with E-state index in [-0.39, 0.29) is 28.4 Å². The van der Waals surface area contributed by atoms with Crippen LogP contribution in [0.5, 0.6) is 0 Å². The number of nitrogens with two attached hydrogens (primary N) is 1. The Kier molecular flexibility index (Phi) is 6.20. The third-order valence-corrected chi connectivity index (χ3v) is 10.3. The molecule has 0 spiro atoms. The molecule has 4 aliphatic carbocycles. The van der Waals surface area contributed by atoms with Gasteiger partial charge in [-0.1, -0.05) is 37.1 Å². The molecule has 4 nitrogen and oxygen atoms in total. The number of methoxy groups -OCH3 is 1. The Morgan fingerprint density at radius 2 is 1.97 bits per heavy atom. The minimum Gasteiger partial charge on any atom is -0.469 e. The number of aliphatic hydroxyl groups is 1. The molecule has 0 radical (unpaired) electrons. The van der Waals surface area contributed by atoms with Gasteiger partial charge in [0.1, 0.15) is 0 Å². The predicted molar refractivity (Wildman–Crippen MR) is 124 cm³/mol. The summed E-state index contributed by atoms with van der Waals surface area (Å²) in [4.78, 5) is 11.4. The van der Waals surface area contributed by atoms with Crippen LogP contribution in [0.3, 0.4) is 0 Å². The summed E-state index contributed by atoms with van der Waals surface area (Å²) in [6, 6.07) is 0. The maximum absolute atomic E-state index is 11.4. The van der Waals surface area contributed by atoms with Crippen LogP contribution in [0.25, 0.3) is 0 Å². The highest BCUT2D eigenvalue weighted by atomic mass is 16.5. The van der Waals surface area contributed by atoms with Crippen molar-refractivity contribution in [2.24, 2.45) is 34.3 Å². The number of ether oxygens (including phenoxy) is 1. The number of aliphatic hydroxyl groups excluding tert-OH is 1. The molecule has 0 aliphatic heterocycles. The average Bonchev–Trinajstić information content (AvgIpc) is 3.03. The zero-order valence-corrected chi connectivity index (χ0v) is 20.1. The van der Waals surface area contributed by atoms with Crippen LogP contribution < -0.4 is 5.73 Å². The maximum atomic E-state index is 11.4. The van der Waals surface area contributed by atoms with Gasteiger partial charge in [0.25, 0.3) is 0 Å². The van der Waals surface area contributed by atoms with E-state index in [4.69, 9.17) is 10.5 Å². The summed E-state index contributed by atoms with van der Waals surface area (Å²) in [5.41, 5.74) is 10.3. The van der Waals surface area contributed by atoms with Gasteiger partial charge in [0.15, 0.2) is 0 Å². The molecule has 7 atom stereocenters. The third-order valence-electron chi connectivity index (χ3n) is 10.3. The van der Waals surface area contributed by atoms with Crippen molar-refractivity contribution in [3.63, 3.8) is 0 Å². The first-order chi connectivity index (χ1) is 14.7. The number of esters is 1. The second-order valence-corrected chi connectivity index (χ2v) is 11.5. The summed E-state index contributed by atoms with van der Waals surface area (Å²) in [5, 5.41) is 10.2. The molecule has 4 aliphatic rings. The summed E-state index contributed by atoms with van der Waals surface area (Å²) in [5.74, 6) is 2.01. The molecule has 2 unspecified atom stereocenters. The van der Waals surface area contributed by atoms with Crippen LogP contribution in [0.4, 0.5) is 0 Å². The monoisotopic (exact) mass is 429 g/mol. The van der Waals surface area contributed by atoms with Crippen LogP contribution in [0.1, 0.15) is 91.4 Å². The van der Waals surface area contributed by atoms with Crippen LogP contribution in [0, 0.1) is 28.6 Å². The highest BCUT2D eigenvalue weighted by Gasteiger charge is 2.63. The van der Waals surface area contributed by atoms with Crippen molar-refractivity contribution in [2.75, 3.05) is 7.11 Å². The van der Waals surface area contributed by atoms with Crippen LogP contribution in [-0.4, -0.2) is 29.8 Å². The molecular weight excluding hydrogens is 386 g/mol. The van der Waals surface area contributed by atoms with Crippen LogP contribution >= 0.6 is 0 Å². The molecule has 4 rings (SSSR count). The average molecular weight is 430 g/mol. The summed E-state index contributed by atoms with van der Waals surface area (Å²) in [7, 11) is 1.45. The Balaban J connectivity index is 1.52.